The van der Waals surface area contributed by atoms with E-state index in [4.69, 9.17) is 15.0 Å². The molecular formula is C63H39N7. The highest BCUT2D eigenvalue weighted by Gasteiger charge is 2.26. The summed E-state index contributed by atoms with van der Waals surface area (Å²) >= 11 is 0. The van der Waals surface area contributed by atoms with Crippen LogP contribution in [0, 0.1) is 0 Å². The van der Waals surface area contributed by atoms with Gasteiger partial charge in [0.25, 0.3) is 0 Å². The molecule has 0 saturated heterocycles. The van der Waals surface area contributed by atoms with Crippen molar-refractivity contribution in [1.82, 2.24) is 33.2 Å². The molecule has 7 heteroatoms. The van der Waals surface area contributed by atoms with Gasteiger partial charge in [0.05, 0.1) is 55.4 Å². The standard InChI is InChI=1S/C63H39N7/c1-2-19-41(20-3-1)67-51-29-11-4-27-49(51)50-38-37-40(39-59(50)67)42-28-18-36-58(68-52-30-12-5-21-43(52)44-22-6-13-31-53(44)68)60(42)61-64-62(69-54-32-14-7-23-45(54)46-24-8-15-33-55(46)69)66-63(65-61)70-56-34-16-9-25-47(56)48-26-10-17-35-57(48)70/h1-39H. The quantitative estimate of drug-likeness (QED) is 0.167. The molecule has 0 aliphatic carbocycles. The van der Waals surface area contributed by atoms with E-state index in [1.54, 1.807) is 0 Å². The monoisotopic (exact) mass is 893 g/mol. The summed E-state index contributed by atoms with van der Waals surface area (Å²) in [4.78, 5) is 17.0. The van der Waals surface area contributed by atoms with Crippen molar-refractivity contribution in [2.75, 3.05) is 0 Å². The fourth-order valence-electron chi connectivity index (χ4n) is 11.3. The molecule has 15 aromatic rings. The zero-order valence-electron chi connectivity index (χ0n) is 37.6. The highest BCUT2D eigenvalue weighted by Crippen LogP contribution is 2.43. The van der Waals surface area contributed by atoms with Gasteiger partial charge in [-0.2, -0.15) is 15.0 Å². The van der Waals surface area contributed by atoms with E-state index in [0.717, 1.165) is 93.7 Å². The van der Waals surface area contributed by atoms with Crippen molar-refractivity contribution in [1.29, 1.82) is 0 Å². The molecule has 0 spiro atoms. The summed E-state index contributed by atoms with van der Waals surface area (Å²) in [6, 6.07) is 84.4. The Morgan fingerprint density at radius 1 is 0.257 bits per heavy atom. The maximum atomic E-state index is 5.70. The molecule has 0 amide bonds. The molecule has 0 aliphatic heterocycles. The van der Waals surface area contributed by atoms with Gasteiger partial charge in [0.2, 0.25) is 11.9 Å². The zero-order chi connectivity index (χ0) is 45.9. The van der Waals surface area contributed by atoms with Crippen LogP contribution in [0.3, 0.4) is 0 Å². The second kappa shape index (κ2) is 15.0. The molecule has 0 aliphatic rings. The number of nitrogens with zero attached hydrogens (tertiary/aromatic N) is 7. The minimum Gasteiger partial charge on any atom is -0.309 e. The van der Waals surface area contributed by atoms with Crippen molar-refractivity contribution in [3.63, 3.8) is 0 Å². The van der Waals surface area contributed by atoms with Gasteiger partial charge in [0.1, 0.15) is 0 Å². The summed E-state index contributed by atoms with van der Waals surface area (Å²) in [5.74, 6) is 1.61. The molecule has 0 fully saturated rings. The summed E-state index contributed by atoms with van der Waals surface area (Å²) in [7, 11) is 0. The summed E-state index contributed by atoms with van der Waals surface area (Å²) < 4.78 is 9.20. The Bertz CT molecular complexity index is 4310. The van der Waals surface area contributed by atoms with Crippen LogP contribution >= 0.6 is 0 Å². The van der Waals surface area contributed by atoms with Gasteiger partial charge in [-0.1, -0.05) is 170 Å². The van der Waals surface area contributed by atoms with E-state index in [-0.39, 0.29) is 0 Å². The Hall–Kier alpha value is -9.59. The van der Waals surface area contributed by atoms with Crippen molar-refractivity contribution in [3.8, 4) is 45.8 Å². The molecule has 0 unspecified atom stereocenters. The number of hydrogen-bond donors (Lipinski definition) is 0. The molecule has 5 heterocycles. The lowest BCUT2D eigenvalue weighted by Crippen LogP contribution is -2.11. The van der Waals surface area contributed by atoms with Crippen molar-refractivity contribution < 1.29 is 0 Å². The third-order valence-electron chi connectivity index (χ3n) is 14.3. The van der Waals surface area contributed by atoms with Gasteiger partial charge in [-0.25, -0.2) is 0 Å². The fraction of sp³-hybridized carbons (Fsp3) is 0. The van der Waals surface area contributed by atoms with Gasteiger partial charge in [-0.3, -0.25) is 9.13 Å². The Kier molecular flexibility index (Phi) is 8.23. The molecule has 7 nitrogen and oxygen atoms in total. The maximum Gasteiger partial charge on any atom is 0.240 e. The molecule has 326 valence electrons. The molecule has 5 aromatic heterocycles. The number of aromatic nitrogens is 7. The third-order valence-corrected chi connectivity index (χ3v) is 14.3. The van der Waals surface area contributed by atoms with Crippen LogP contribution in [0.2, 0.25) is 0 Å². The lowest BCUT2D eigenvalue weighted by Gasteiger charge is -2.19. The van der Waals surface area contributed by atoms with Crippen LogP contribution in [-0.4, -0.2) is 33.2 Å². The molecule has 0 atom stereocenters. The van der Waals surface area contributed by atoms with Crippen LogP contribution < -0.4 is 0 Å². The van der Waals surface area contributed by atoms with Crippen molar-refractivity contribution in [2.24, 2.45) is 0 Å². The first-order valence-corrected chi connectivity index (χ1v) is 23.7. The molecule has 0 bridgehead atoms. The van der Waals surface area contributed by atoms with Crippen LogP contribution in [0.4, 0.5) is 0 Å². The smallest absolute Gasteiger partial charge is 0.240 e. The van der Waals surface area contributed by atoms with Crippen molar-refractivity contribution >= 4 is 87.2 Å². The summed E-state index contributed by atoms with van der Waals surface area (Å²) in [6.45, 7) is 0. The molecule has 0 saturated carbocycles. The normalized spacial score (nSPS) is 12.0. The second-order valence-corrected chi connectivity index (χ2v) is 18.0. The first-order valence-electron chi connectivity index (χ1n) is 23.7. The number of rotatable bonds is 6. The number of para-hydroxylation sites is 8. The van der Waals surface area contributed by atoms with E-state index < -0.39 is 0 Å². The number of benzene rings is 10. The van der Waals surface area contributed by atoms with Crippen LogP contribution in [0.25, 0.3) is 133 Å². The molecule has 0 radical (unpaired) electrons. The van der Waals surface area contributed by atoms with Crippen LogP contribution in [-0.2, 0) is 0 Å². The van der Waals surface area contributed by atoms with E-state index in [1.807, 2.05) is 0 Å². The van der Waals surface area contributed by atoms with Crippen LogP contribution in [0.5, 0.6) is 0 Å². The first kappa shape index (κ1) is 38.5. The van der Waals surface area contributed by atoms with Gasteiger partial charge < -0.3 is 9.13 Å². The van der Waals surface area contributed by atoms with Gasteiger partial charge in [0.15, 0.2) is 5.82 Å². The fourth-order valence-corrected chi connectivity index (χ4v) is 11.3. The molecular weight excluding hydrogens is 855 g/mol. The van der Waals surface area contributed by atoms with Crippen molar-refractivity contribution in [2.45, 2.75) is 0 Å². The third kappa shape index (κ3) is 5.54. The van der Waals surface area contributed by atoms with E-state index in [2.05, 4.69) is 255 Å². The summed E-state index contributed by atoms with van der Waals surface area (Å²) in [5, 5.41) is 9.27. The van der Waals surface area contributed by atoms with E-state index in [9.17, 15) is 0 Å². The Labute approximate surface area is 401 Å². The second-order valence-electron chi connectivity index (χ2n) is 18.0. The van der Waals surface area contributed by atoms with Gasteiger partial charge in [-0.05, 0) is 77.9 Å². The van der Waals surface area contributed by atoms with E-state index in [0.29, 0.717) is 17.7 Å². The van der Waals surface area contributed by atoms with Crippen molar-refractivity contribution in [3.05, 3.63) is 237 Å². The first-order chi connectivity index (χ1) is 34.8. The lowest BCUT2D eigenvalue weighted by atomic mass is 9.96. The summed E-state index contributed by atoms with van der Waals surface area (Å²) in [6.07, 6.45) is 0. The molecule has 15 rings (SSSR count). The van der Waals surface area contributed by atoms with Gasteiger partial charge >= 0.3 is 0 Å². The van der Waals surface area contributed by atoms with Gasteiger partial charge in [-0.15, -0.1) is 0 Å². The van der Waals surface area contributed by atoms with Gasteiger partial charge in [0, 0.05) is 48.8 Å². The van der Waals surface area contributed by atoms with E-state index >= 15 is 0 Å². The van der Waals surface area contributed by atoms with Crippen LogP contribution in [0.15, 0.2) is 237 Å². The predicted octanol–water partition coefficient (Wildman–Crippen LogP) is 15.6. The highest BCUT2D eigenvalue weighted by molar-refractivity contribution is 6.13. The SMILES string of the molecule is c1ccc(-n2c3ccccc3c3ccc(-c4cccc(-n5c6ccccc6c6ccccc65)c4-c4nc(-n5c6ccccc6c6ccccc65)nc(-n5c6ccccc6c6ccccc65)n4)cc32)cc1. The lowest BCUT2D eigenvalue weighted by molar-refractivity contribution is 0.892. The summed E-state index contributed by atoms with van der Waals surface area (Å²) in [5.41, 5.74) is 13.5. The predicted molar refractivity (Wildman–Crippen MR) is 288 cm³/mol. The Morgan fingerprint density at radius 3 is 1.07 bits per heavy atom. The molecule has 70 heavy (non-hydrogen) atoms. The molecule has 10 aromatic carbocycles. The minimum atomic E-state index is 0.530. The minimum absolute atomic E-state index is 0.530. The molecule has 0 N–H and O–H groups in total. The topological polar surface area (TPSA) is 58.4 Å². The Morgan fingerprint density at radius 2 is 0.629 bits per heavy atom. The number of hydrogen-bond acceptors (Lipinski definition) is 3. The number of fused-ring (bicyclic) bond motifs is 12. The maximum absolute atomic E-state index is 5.70. The van der Waals surface area contributed by atoms with E-state index in [1.165, 1.54) is 21.5 Å². The zero-order valence-corrected chi connectivity index (χ0v) is 37.6. The average molecular weight is 894 g/mol. The average Bonchev–Trinajstić information content (AvgIpc) is 4.16. The Balaban J connectivity index is 1.10. The van der Waals surface area contributed by atoms with Crippen LogP contribution in [0.1, 0.15) is 0 Å². The highest BCUT2D eigenvalue weighted by atomic mass is 15.3. The largest absolute Gasteiger partial charge is 0.309 e.